The van der Waals surface area contributed by atoms with Crippen molar-refractivity contribution in [3.63, 3.8) is 0 Å². The second kappa shape index (κ2) is 4.37. The van der Waals surface area contributed by atoms with Crippen molar-refractivity contribution in [2.75, 3.05) is 11.4 Å². The van der Waals surface area contributed by atoms with E-state index in [1.54, 1.807) is 6.26 Å². The van der Waals surface area contributed by atoms with Crippen LogP contribution in [0.4, 0.5) is 5.69 Å². The number of rotatable bonds is 2. The Morgan fingerprint density at radius 1 is 1.33 bits per heavy atom. The first-order chi connectivity index (χ1) is 8.77. The monoisotopic (exact) mass is 245 g/mol. The summed E-state index contributed by atoms with van der Waals surface area (Å²) in [7, 11) is 0. The molecule has 1 saturated heterocycles. The maximum atomic E-state index is 11.3. The molecule has 3 rings (SSSR count). The number of carboxylic acid groups (broad SMARTS) is 1. The van der Waals surface area contributed by atoms with Gasteiger partial charge in [-0.2, -0.15) is 0 Å². The third-order valence-corrected chi connectivity index (χ3v) is 3.57. The van der Waals surface area contributed by atoms with Gasteiger partial charge in [-0.3, -0.25) is 0 Å². The fourth-order valence-corrected chi connectivity index (χ4v) is 2.71. The van der Waals surface area contributed by atoms with E-state index in [9.17, 15) is 9.90 Å². The van der Waals surface area contributed by atoms with Crippen molar-refractivity contribution < 1.29 is 14.3 Å². The second-order valence-corrected chi connectivity index (χ2v) is 4.65. The average molecular weight is 245 g/mol. The van der Waals surface area contributed by atoms with Gasteiger partial charge >= 0.3 is 5.97 Å². The summed E-state index contributed by atoms with van der Waals surface area (Å²) >= 11 is 0. The first-order valence-corrected chi connectivity index (χ1v) is 6.23. The zero-order valence-corrected chi connectivity index (χ0v) is 10.0. The number of hydrogen-bond donors (Lipinski definition) is 1. The second-order valence-electron chi connectivity index (χ2n) is 4.65. The van der Waals surface area contributed by atoms with E-state index in [0.717, 1.165) is 36.0 Å². The Balaban J connectivity index is 2.06. The number of carboxylic acids is 1. The Kier molecular flexibility index (Phi) is 2.70. The molecule has 1 aromatic carbocycles. The minimum Gasteiger partial charge on any atom is -0.480 e. The maximum absolute atomic E-state index is 11.3. The number of fused-ring (bicyclic) bond motifs is 1. The van der Waals surface area contributed by atoms with Gasteiger partial charge in [0.2, 0.25) is 0 Å². The smallest absolute Gasteiger partial charge is 0.326 e. The number of nitrogens with zero attached hydrogens (tertiary/aromatic N) is 1. The van der Waals surface area contributed by atoms with Crippen LogP contribution in [0, 0.1) is 0 Å². The van der Waals surface area contributed by atoms with Gasteiger partial charge in [-0.1, -0.05) is 6.07 Å². The van der Waals surface area contributed by atoms with E-state index in [0.29, 0.717) is 6.42 Å². The van der Waals surface area contributed by atoms with Crippen LogP contribution in [0.15, 0.2) is 34.9 Å². The van der Waals surface area contributed by atoms with Gasteiger partial charge in [0.15, 0.2) is 0 Å². The molecule has 1 aliphatic heterocycles. The molecule has 4 heteroatoms. The maximum Gasteiger partial charge on any atom is 0.326 e. The molecule has 0 radical (unpaired) electrons. The Bertz CT molecular complexity index is 575. The van der Waals surface area contributed by atoms with Gasteiger partial charge < -0.3 is 14.4 Å². The topological polar surface area (TPSA) is 53.7 Å². The zero-order chi connectivity index (χ0) is 12.5. The summed E-state index contributed by atoms with van der Waals surface area (Å²) in [5.41, 5.74) is 1.77. The molecular formula is C14H15NO3. The van der Waals surface area contributed by atoms with Crippen LogP contribution in [0.25, 0.3) is 11.0 Å². The van der Waals surface area contributed by atoms with Crippen LogP contribution in [0.3, 0.4) is 0 Å². The molecular weight excluding hydrogens is 230 g/mol. The molecule has 94 valence electrons. The molecule has 0 spiro atoms. The van der Waals surface area contributed by atoms with Crippen LogP contribution in [0.1, 0.15) is 19.3 Å². The highest BCUT2D eigenvalue weighted by Gasteiger charge is 2.29. The van der Waals surface area contributed by atoms with Crippen molar-refractivity contribution in [3.05, 3.63) is 30.5 Å². The summed E-state index contributed by atoms with van der Waals surface area (Å²) in [6.07, 6.45) is 4.38. The van der Waals surface area contributed by atoms with Gasteiger partial charge in [-0.25, -0.2) is 4.79 Å². The van der Waals surface area contributed by atoms with E-state index in [1.807, 2.05) is 29.2 Å². The molecule has 2 heterocycles. The third kappa shape index (κ3) is 1.74. The first-order valence-electron chi connectivity index (χ1n) is 6.23. The largest absolute Gasteiger partial charge is 0.480 e. The SMILES string of the molecule is O=C(O)C1CCCCN1c1cccc2occc12. The summed E-state index contributed by atoms with van der Waals surface area (Å²) in [6, 6.07) is 7.27. The number of piperidine rings is 1. The first kappa shape index (κ1) is 11.1. The van der Waals surface area contributed by atoms with Gasteiger partial charge in [0, 0.05) is 17.6 Å². The predicted molar refractivity (Wildman–Crippen MR) is 68.8 cm³/mol. The number of anilines is 1. The lowest BCUT2D eigenvalue weighted by Gasteiger charge is -2.35. The zero-order valence-electron chi connectivity index (χ0n) is 10.0. The van der Waals surface area contributed by atoms with Crippen molar-refractivity contribution >= 4 is 22.6 Å². The Labute approximate surface area is 105 Å². The lowest BCUT2D eigenvalue weighted by molar-refractivity contribution is -0.139. The highest BCUT2D eigenvalue weighted by atomic mass is 16.4. The molecule has 1 unspecified atom stereocenters. The van der Waals surface area contributed by atoms with Crippen LogP contribution >= 0.6 is 0 Å². The van der Waals surface area contributed by atoms with E-state index in [-0.39, 0.29) is 0 Å². The highest BCUT2D eigenvalue weighted by Crippen LogP contribution is 2.32. The van der Waals surface area contributed by atoms with Crippen molar-refractivity contribution in [2.45, 2.75) is 25.3 Å². The summed E-state index contributed by atoms with van der Waals surface area (Å²) in [5.74, 6) is -0.741. The van der Waals surface area contributed by atoms with Crippen LogP contribution < -0.4 is 4.90 Å². The molecule has 0 bridgehead atoms. The van der Waals surface area contributed by atoms with Crippen LogP contribution in [0.2, 0.25) is 0 Å². The van der Waals surface area contributed by atoms with Gasteiger partial charge in [0.25, 0.3) is 0 Å². The molecule has 18 heavy (non-hydrogen) atoms. The van der Waals surface area contributed by atoms with Crippen LogP contribution in [-0.2, 0) is 4.79 Å². The molecule has 4 nitrogen and oxygen atoms in total. The van der Waals surface area contributed by atoms with Crippen molar-refractivity contribution in [2.24, 2.45) is 0 Å². The van der Waals surface area contributed by atoms with Gasteiger partial charge in [-0.05, 0) is 37.5 Å². The van der Waals surface area contributed by atoms with E-state index >= 15 is 0 Å². The summed E-state index contributed by atoms with van der Waals surface area (Å²) in [5, 5.41) is 10.3. The molecule has 1 aliphatic rings. The number of aliphatic carboxylic acids is 1. The number of carbonyl (C=O) groups is 1. The average Bonchev–Trinajstić information content (AvgIpc) is 2.86. The molecule has 2 aromatic rings. The van der Waals surface area contributed by atoms with Gasteiger partial charge in [0.1, 0.15) is 11.6 Å². The third-order valence-electron chi connectivity index (χ3n) is 3.57. The Hall–Kier alpha value is -1.97. The van der Waals surface area contributed by atoms with Gasteiger partial charge in [-0.15, -0.1) is 0 Å². The van der Waals surface area contributed by atoms with Crippen molar-refractivity contribution in [1.29, 1.82) is 0 Å². The molecule has 1 atom stereocenters. The molecule has 1 aromatic heterocycles. The fraction of sp³-hybridized carbons (Fsp3) is 0.357. The summed E-state index contributed by atoms with van der Waals surface area (Å²) in [4.78, 5) is 13.3. The standard InChI is InChI=1S/C14H15NO3/c16-14(17)12-4-1-2-8-15(12)11-5-3-6-13-10(11)7-9-18-13/h3,5-7,9,12H,1-2,4,8H2,(H,16,17). The quantitative estimate of drug-likeness (QED) is 0.883. The molecule has 0 amide bonds. The normalized spacial score (nSPS) is 20.2. The predicted octanol–water partition coefficient (Wildman–Crippen LogP) is 2.88. The Morgan fingerprint density at radius 3 is 3.06 bits per heavy atom. The van der Waals surface area contributed by atoms with E-state index < -0.39 is 12.0 Å². The molecule has 0 aliphatic carbocycles. The van der Waals surface area contributed by atoms with E-state index in [2.05, 4.69) is 0 Å². The molecule has 0 saturated carbocycles. The van der Waals surface area contributed by atoms with Gasteiger partial charge in [0.05, 0.1) is 6.26 Å². The van der Waals surface area contributed by atoms with Crippen molar-refractivity contribution in [1.82, 2.24) is 0 Å². The highest BCUT2D eigenvalue weighted by molar-refractivity contribution is 5.93. The van der Waals surface area contributed by atoms with Crippen molar-refractivity contribution in [3.8, 4) is 0 Å². The summed E-state index contributed by atoms with van der Waals surface area (Å²) < 4.78 is 5.37. The minimum absolute atomic E-state index is 0.417. The number of benzene rings is 1. The number of furan rings is 1. The lowest BCUT2D eigenvalue weighted by Crippen LogP contribution is -2.44. The minimum atomic E-state index is -0.741. The van der Waals surface area contributed by atoms with Crippen LogP contribution in [-0.4, -0.2) is 23.7 Å². The number of hydrogen-bond acceptors (Lipinski definition) is 3. The fourth-order valence-electron chi connectivity index (χ4n) is 2.71. The van der Waals surface area contributed by atoms with E-state index in [4.69, 9.17) is 4.42 Å². The molecule has 1 fully saturated rings. The summed E-state index contributed by atoms with van der Waals surface area (Å²) in [6.45, 7) is 0.793. The Morgan fingerprint density at radius 2 is 2.22 bits per heavy atom. The van der Waals surface area contributed by atoms with E-state index in [1.165, 1.54) is 0 Å². The molecule has 1 N–H and O–H groups in total. The van der Waals surface area contributed by atoms with Crippen LogP contribution in [0.5, 0.6) is 0 Å². The lowest BCUT2D eigenvalue weighted by atomic mass is 10.0.